The van der Waals surface area contributed by atoms with E-state index in [1.54, 1.807) is 7.11 Å². The van der Waals surface area contributed by atoms with Crippen LogP contribution in [0.2, 0.25) is 0 Å². The highest BCUT2D eigenvalue weighted by Gasteiger charge is 2.21. The molecule has 1 heterocycles. The van der Waals surface area contributed by atoms with E-state index in [0.29, 0.717) is 38.9 Å². The van der Waals surface area contributed by atoms with Crippen molar-refractivity contribution in [3.8, 4) is 5.75 Å². The zero-order chi connectivity index (χ0) is 16.7. The van der Waals surface area contributed by atoms with E-state index in [1.807, 2.05) is 17.0 Å². The molecule has 1 aliphatic rings. The second-order valence-electron chi connectivity index (χ2n) is 5.96. The molecule has 1 fully saturated rings. The first-order valence-corrected chi connectivity index (χ1v) is 8.36. The predicted molar refractivity (Wildman–Crippen MR) is 90.8 cm³/mol. The summed E-state index contributed by atoms with van der Waals surface area (Å²) < 4.78 is 10.5. The molecule has 23 heavy (non-hydrogen) atoms. The molecule has 0 aliphatic carbocycles. The number of methoxy groups -OCH3 is 1. The number of amides is 1. The Kier molecular flexibility index (Phi) is 6.86. The zero-order valence-electron chi connectivity index (χ0n) is 14.5. The summed E-state index contributed by atoms with van der Waals surface area (Å²) in [5.74, 6) is 1.08. The average Bonchev–Trinajstić information content (AvgIpc) is 2.60. The Morgan fingerprint density at radius 1 is 1.30 bits per heavy atom. The van der Waals surface area contributed by atoms with Crippen LogP contribution in [-0.2, 0) is 16.0 Å². The third-order valence-electron chi connectivity index (χ3n) is 4.42. The third kappa shape index (κ3) is 5.22. The van der Waals surface area contributed by atoms with Crippen LogP contribution in [-0.4, -0.2) is 68.3 Å². The molecule has 1 aromatic carbocycles. The molecular formula is C18H28N2O3. The topological polar surface area (TPSA) is 42.0 Å². The molecular weight excluding hydrogens is 292 g/mol. The summed E-state index contributed by atoms with van der Waals surface area (Å²) in [6.07, 6.45) is 0.925. The first kappa shape index (κ1) is 17.8. The molecule has 1 atom stereocenters. The van der Waals surface area contributed by atoms with Crippen LogP contribution >= 0.6 is 0 Å². The average molecular weight is 320 g/mol. The van der Waals surface area contributed by atoms with E-state index in [9.17, 15) is 4.79 Å². The molecule has 0 aromatic heterocycles. The molecule has 0 unspecified atom stereocenters. The van der Waals surface area contributed by atoms with Crippen molar-refractivity contribution in [1.82, 2.24) is 9.80 Å². The number of carbonyl (C=O) groups is 1. The monoisotopic (exact) mass is 320 g/mol. The lowest BCUT2D eigenvalue weighted by atomic mass is 10.1. The smallest absolute Gasteiger partial charge is 0.236 e. The van der Waals surface area contributed by atoms with Gasteiger partial charge >= 0.3 is 0 Å². The van der Waals surface area contributed by atoms with Crippen molar-refractivity contribution in [1.29, 1.82) is 0 Å². The number of rotatable bonds is 7. The summed E-state index contributed by atoms with van der Waals surface area (Å²) in [6, 6.07) is 8.47. The van der Waals surface area contributed by atoms with Gasteiger partial charge in [-0.15, -0.1) is 0 Å². The molecule has 0 spiro atoms. The van der Waals surface area contributed by atoms with Gasteiger partial charge in [0.2, 0.25) is 5.91 Å². The van der Waals surface area contributed by atoms with Gasteiger partial charge in [0.1, 0.15) is 5.75 Å². The van der Waals surface area contributed by atoms with Crippen LogP contribution in [0.15, 0.2) is 24.3 Å². The van der Waals surface area contributed by atoms with Crippen molar-refractivity contribution in [3.63, 3.8) is 0 Å². The van der Waals surface area contributed by atoms with E-state index in [0.717, 1.165) is 18.7 Å². The van der Waals surface area contributed by atoms with Gasteiger partial charge in [0.05, 0.1) is 26.9 Å². The van der Waals surface area contributed by atoms with Gasteiger partial charge in [-0.2, -0.15) is 0 Å². The molecule has 1 saturated heterocycles. The van der Waals surface area contributed by atoms with Crippen molar-refractivity contribution >= 4 is 5.91 Å². The van der Waals surface area contributed by atoms with Gasteiger partial charge in [0.25, 0.3) is 0 Å². The first-order valence-electron chi connectivity index (χ1n) is 8.36. The minimum atomic E-state index is 0.205. The van der Waals surface area contributed by atoms with E-state index in [4.69, 9.17) is 9.47 Å². The van der Waals surface area contributed by atoms with Crippen LogP contribution in [0.1, 0.15) is 19.4 Å². The Balaban J connectivity index is 1.89. The van der Waals surface area contributed by atoms with Crippen LogP contribution < -0.4 is 4.74 Å². The lowest BCUT2D eigenvalue weighted by molar-refractivity contribution is -0.136. The number of likely N-dealkylation sites (N-methyl/N-ethyl adjacent to an activating group) is 1. The molecule has 0 bridgehead atoms. The number of ether oxygens (including phenoxy) is 2. The van der Waals surface area contributed by atoms with Gasteiger partial charge in [-0.25, -0.2) is 0 Å². The number of hydrogen-bond donors (Lipinski definition) is 0. The SMILES string of the molecule is CCN(CC(=O)N1CCOCC1)[C@H](C)Cc1ccc(OC)cc1. The van der Waals surface area contributed by atoms with Crippen molar-refractivity contribution < 1.29 is 14.3 Å². The summed E-state index contributed by atoms with van der Waals surface area (Å²) in [5.41, 5.74) is 1.26. The number of nitrogens with zero attached hydrogens (tertiary/aromatic N) is 2. The lowest BCUT2D eigenvalue weighted by Gasteiger charge is -2.32. The quantitative estimate of drug-likeness (QED) is 0.768. The van der Waals surface area contributed by atoms with E-state index in [1.165, 1.54) is 5.56 Å². The van der Waals surface area contributed by atoms with Crippen LogP contribution in [0.4, 0.5) is 0 Å². The Morgan fingerprint density at radius 2 is 1.96 bits per heavy atom. The van der Waals surface area contributed by atoms with Crippen molar-refractivity contribution in [2.24, 2.45) is 0 Å². The summed E-state index contributed by atoms with van der Waals surface area (Å²) in [7, 11) is 1.67. The minimum Gasteiger partial charge on any atom is -0.497 e. The third-order valence-corrected chi connectivity index (χ3v) is 4.42. The molecule has 1 amide bonds. The molecule has 128 valence electrons. The van der Waals surface area contributed by atoms with Gasteiger partial charge in [-0.05, 0) is 37.6 Å². The molecule has 1 aliphatic heterocycles. The molecule has 2 rings (SSSR count). The first-order chi connectivity index (χ1) is 11.1. The highest BCUT2D eigenvalue weighted by Crippen LogP contribution is 2.15. The van der Waals surface area contributed by atoms with E-state index in [2.05, 4.69) is 30.9 Å². The molecule has 5 nitrogen and oxygen atoms in total. The van der Waals surface area contributed by atoms with E-state index < -0.39 is 0 Å². The summed E-state index contributed by atoms with van der Waals surface area (Å²) in [4.78, 5) is 16.6. The van der Waals surface area contributed by atoms with Crippen molar-refractivity contribution in [2.45, 2.75) is 26.3 Å². The molecule has 1 aromatic rings. The number of hydrogen-bond acceptors (Lipinski definition) is 4. The fraction of sp³-hybridized carbons (Fsp3) is 0.611. The standard InChI is InChI=1S/C18H28N2O3/c1-4-19(14-18(21)20-9-11-23-12-10-20)15(2)13-16-5-7-17(22-3)8-6-16/h5-8,15H,4,9-14H2,1-3H3/t15-/m1/s1. The largest absolute Gasteiger partial charge is 0.497 e. The Labute approximate surface area is 139 Å². The van der Waals surface area contributed by atoms with Gasteiger partial charge in [0.15, 0.2) is 0 Å². The summed E-state index contributed by atoms with van der Waals surface area (Å²) in [5, 5.41) is 0. The second kappa shape index (κ2) is 8.89. The van der Waals surface area contributed by atoms with Crippen LogP contribution in [0.5, 0.6) is 5.75 Å². The highest BCUT2D eigenvalue weighted by atomic mass is 16.5. The number of morpholine rings is 1. The fourth-order valence-corrected chi connectivity index (χ4v) is 2.90. The summed E-state index contributed by atoms with van der Waals surface area (Å²) >= 11 is 0. The lowest BCUT2D eigenvalue weighted by Crippen LogP contribution is -2.47. The van der Waals surface area contributed by atoms with Crippen LogP contribution in [0.3, 0.4) is 0 Å². The molecule has 0 N–H and O–H groups in total. The molecule has 0 radical (unpaired) electrons. The minimum absolute atomic E-state index is 0.205. The van der Waals surface area contributed by atoms with E-state index >= 15 is 0 Å². The normalized spacial score (nSPS) is 16.4. The van der Waals surface area contributed by atoms with Gasteiger partial charge in [0, 0.05) is 19.1 Å². The van der Waals surface area contributed by atoms with E-state index in [-0.39, 0.29) is 5.91 Å². The summed E-state index contributed by atoms with van der Waals surface area (Å²) in [6.45, 7) is 8.36. The van der Waals surface area contributed by atoms with Crippen molar-refractivity contribution in [3.05, 3.63) is 29.8 Å². The Bertz CT molecular complexity index is 484. The molecule has 0 saturated carbocycles. The van der Waals surface area contributed by atoms with Gasteiger partial charge in [-0.3, -0.25) is 9.69 Å². The van der Waals surface area contributed by atoms with Gasteiger partial charge < -0.3 is 14.4 Å². The maximum Gasteiger partial charge on any atom is 0.236 e. The fourth-order valence-electron chi connectivity index (χ4n) is 2.90. The van der Waals surface area contributed by atoms with Crippen LogP contribution in [0.25, 0.3) is 0 Å². The predicted octanol–water partition coefficient (Wildman–Crippen LogP) is 1.81. The Morgan fingerprint density at radius 3 is 2.52 bits per heavy atom. The van der Waals surface area contributed by atoms with Crippen LogP contribution in [0, 0.1) is 0 Å². The second-order valence-corrected chi connectivity index (χ2v) is 5.96. The van der Waals surface area contributed by atoms with Crippen molar-refractivity contribution in [2.75, 3.05) is 46.5 Å². The number of benzene rings is 1. The Hall–Kier alpha value is -1.59. The number of carbonyl (C=O) groups excluding carboxylic acids is 1. The zero-order valence-corrected chi connectivity index (χ0v) is 14.5. The molecule has 5 heteroatoms. The van der Waals surface area contributed by atoms with Gasteiger partial charge in [-0.1, -0.05) is 19.1 Å². The highest BCUT2D eigenvalue weighted by molar-refractivity contribution is 5.78. The maximum atomic E-state index is 12.4. The maximum absolute atomic E-state index is 12.4.